The Kier molecular flexibility index (Phi) is 5.31. The Balaban J connectivity index is 1.78. The number of aliphatic hydroxyl groups excluding tert-OH is 2. The van der Waals surface area contributed by atoms with E-state index in [1.807, 2.05) is 0 Å². The van der Waals surface area contributed by atoms with Gasteiger partial charge >= 0.3 is 11.7 Å². The van der Waals surface area contributed by atoms with Gasteiger partial charge in [-0.2, -0.15) is 4.98 Å². The van der Waals surface area contributed by atoms with E-state index in [0.717, 1.165) is 10.8 Å². The molecule has 0 radical (unpaired) electrons. The first-order chi connectivity index (χ1) is 12.9. The number of nitrogens with one attached hydrogen (secondary N) is 2. The number of halogens is 1. The van der Waals surface area contributed by atoms with E-state index >= 15 is 0 Å². The third-order valence-corrected chi connectivity index (χ3v) is 3.96. The van der Waals surface area contributed by atoms with Crippen molar-refractivity contribution in [2.45, 2.75) is 18.4 Å². The molecule has 10 heteroatoms. The van der Waals surface area contributed by atoms with Crippen LogP contribution in [0, 0.1) is 5.82 Å². The number of amides is 2. The highest BCUT2D eigenvalue weighted by Gasteiger charge is 2.39. The fourth-order valence-electron chi connectivity index (χ4n) is 2.59. The van der Waals surface area contributed by atoms with Gasteiger partial charge in [0.2, 0.25) is 0 Å². The molecule has 1 aliphatic rings. The van der Waals surface area contributed by atoms with Crippen LogP contribution >= 0.6 is 0 Å². The number of nitrogens with zero attached hydrogens (tertiary/aromatic N) is 2. The van der Waals surface area contributed by atoms with Crippen LogP contribution in [0.2, 0.25) is 0 Å². The largest absolute Gasteiger partial charge is 0.394 e. The van der Waals surface area contributed by atoms with E-state index in [0.29, 0.717) is 5.69 Å². The van der Waals surface area contributed by atoms with Crippen LogP contribution in [-0.4, -0.2) is 44.6 Å². The summed E-state index contributed by atoms with van der Waals surface area (Å²) >= 11 is 0. The van der Waals surface area contributed by atoms with Crippen LogP contribution in [0.15, 0.2) is 53.5 Å². The molecule has 1 saturated heterocycles. The lowest BCUT2D eigenvalue weighted by molar-refractivity contribution is -0.0449. The summed E-state index contributed by atoms with van der Waals surface area (Å²) in [6.07, 6.45) is -2.58. The summed E-state index contributed by atoms with van der Waals surface area (Å²) in [5.41, 5.74) is -0.369. The zero-order valence-corrected chi connectivity index (χ0v) is 14.0. The van der Waals surface area contributed by atoms with Crippen molar-refractivity contribution in [3.05, 3.63) is 65.0 Å². The number of ether oxygens (including phenoxy) is 1. The molecule has 1 aliphatic heterocycles. The number of para-hydroxylation sites is 1. The van der Waals surface area contributed by atoms with E-state index in [4.69, 9.17) is 9.84 Å². The van der Waals surface area contributed by atoms with Crippen molar-refractivity contribution in [3.8, 4) is 0 Å². The van der Waals surface area contributed by atoms with Gasteiger partial charge in [-0.25, -0.2) is 14.0 Å². The quantitative estimate of drug-likeness (QED) is 0.586. The molecule has 142 valence electrons. The van der Waals surface area contributed by atoms with E-state index < -0.39 is 48.4 Å². The number of urea groups is 1. The van der Waals surface area contributed by atoms with E-state index in [1.165, 1.54) is 0 Å². The predicted molar refractivity (Wildman–Crippen MR) is 93.7 cm³/mol. The van der Waals surface area contributed by atoms with Crippen molar-refractivity contribution in [3.63, 3.8) is 0 Å². The standard InChI is InChI=1S/C17H17FN4O5/c1-9-13(24)12(8-23)27-15(9)22-7-11(18)14(21-17(22)26)20-16(25)19-10-5-3-2-4-6-10/h2-7,12-13,15,23-24H,1,8H2,(H2,19,20,21,25,26)/t12-,13+,15-/m1/s1. The Hall–Kier alpha value is -3.08. The molecule has 27 heavy (non-hydrogen) atoms. The maximum absolute atomic E-state index is 14.3. The maximum atomic E-state index is 14.3. The molecule has 0 saturated carbocycles. The Morgan fingerprint density at radius 3 is 2.67 bits per heavy atom. The van der Waals surface area contributed by atoms with Crippen molar-refractivity contribution < 1.29 is 24.1 Å². The lowest BCUT2D eigenvalue weighted by Crippen LogP contribution is -2.31. The molecule has 9 nitrogen and oxygen atoms in total. The molecule has 0 bridgehead atoms. The summed E-state index contributed by atoms with van der Waals surface area (Å²) in [6, 6.07) is 7.67. The van der Waals surface area contributed by atoms with Crippen LogP contribution < -0.4 is 16.3 Å². The summed E-state index contributed by atoms with van der Waals surface area (Å²) in [4.78, 5) is 27.6. The first-order valence-electron chi connectivity index (χ1n) is 7.95. The topological polar surface area (TPSA) is 126 Å². The minimum atomic E-state index is -1.20. The Morgan fingerprint density at radius 2 is 2.04 bits per heavy atom. The molecular formula is C17H17FN4O5. The summed E-state index contributed by atoms with van der Waals surface area (Å²) in [6.45, 7) is 3.10. The Morgan fingerprint density at radius 1 is 1.33 bits per heavy atom. The van der Waals surface area contributed by atoms with E-state index in [2.05, 4.69) is 22.2 Å². The maximum Gasteiger partial charge on any atom is 0.352 e. The first kappa shape index (κ1) is 18.7. The molecule has 0 aliphatic carbocycles. The number of hydrogen-bond donors (Lipinski definition) is 4. The number of anilines is 2. The van der Waals surface area contributed by atoms with Gasteiger partial charge in [-0.1, -0.05) is 24.8 Å². The van der Waals surface area contributed by atoms with E-state index in [-0.39, 0.29) is 5.57 Å². The van der Waals surface area contributed by atoms with Gasteiger partial charge in [-0.05, 0) is 12.1 Å². The van der Waals surface area contributed by atoms with Crippen LogP contribution in [0.1, 0.15) is 6.23 Å². The molecule has 2 amide bonds. The number of aliphatic hydroxyl groups is 2. The van der Waals surface area contributed by atoms with Gasteiger partial charge in [-0.15, -0.1) is 0 Å². The lowest BCUT2D eigenvalue weighted by Gasteiger charge is -2.16. The van der Waals surface area contributed by atoms with Crippen LogP contribution in [0.25, 0.3) is 0 Å². The predicted octanol–water partition coefficient (Wildman–Crippen LogP) is 0.833. The molecule has 2 aromatic rings. The fourth-order valence-corrected chi connectivity index (χ4v) is 2.59. The van der Waals surface area contributed by atoms with E-state index in [9.17, 15) is 19.1 Å². The summed E-state index contributed by atoms with van der Waals surface area (Å²) in [5, 5.41) is 23.7. The van der Waals surface area contributed by atoms with Gasteiger partial charge in [0.05, 0.1) is 12.8 Å². The number of carbonyl (C=O) groups excluding carboxylic acids is 1. The number of benzene rings is 1. The molecule has 3 atom stereocenters. The molecule has 1 fully saturated rings. The van der Waals surface area contributed by atoms with Crippen molar-refractivity contribution in [1.82, 2.24) is 9.55 Å². The molecule has 4 N–H and O–H groups in total. The van der Waals surface area contributed by atoms with Gasteiger partial charge in [0.15, 0.2) is 17.9 Å². The molecule has 2 heterocycles. The molecule has 1 aromatic carbocycles. The van der Waals surface area contributed by atoms with Gasteiger partial charge in [0.1, 0.15) is 12.2 Å². The highest BCUT2D eigenvalue weighted by Crippen LogP contribution is 2.32. The monoisotopic (exact) mass is 376 g/mol. The molecule has 3 rings (SSSR count). The third-order valence-electron chi connectivity index (χ3n) is 3.96. The van der Waals surface area contributed by atoms with Gasteiger partial charge in [0.25, 0.3) is 0 Å². The van der Waals surface area contributed by atoms with Crippen molar-refractivity contribution in [2.75, 3.05) is 17.2 Å². The van der Waals surface area contributed by atoms with Crippen molar-refractivity contribution in [1.29, 1.82) is 0 Å². The normalized spacial score (nSPS) is 21.9. The SMILES string of the molecule is C=C1[C@H](n2cc(F)c(NC(=O)Nc3ccccc3)nc2=O)O[C@H](CO)[C@H]1O. The zero-order chi connectivity index (χ0) is 19.6. The summed E-state index contributed by atoms with van der Waals surface area (Å²) in [5.74, 6) is -1.55. The smallest absolute Gasteiger partial charge is 0.352 e. The highest BCUT2D eigenvalue weighted by atomic mass is 19.1. The van der Waals surface area contributed by atoms with Crippen molar-refractivity contribution >= 4 is 17.5 Å². The van der Waals surface area contributed by atoms with Gasteiger partial charge < -0.3 is 20.3 Å². The number of carbonyl (C=O) groups is 1. The lowest BCUT2D eigenvalue weighted by atomic mass is 10.1. The highest BCUT2D eigenvalue weighted by molar-refractivity contribution is 5.99. The number of hydrogen-bond acceptors (Lipinski definition) is 6. The average molecular weight is 376 g/mol. The summed E-state index contributed by atoms with van der Waals surface area (Å²) in [7, 11) is 0. The zero-order valence-electron chi connectivity index (χ0n) is 14.0. The molecule has 1 aromatic heterocycles. The minimum absolute atomic E-state index is 0.0832. The van der Waals surface area contributed by atoms with Gasteiger partial charge in [-0.3, -0.25) is 9.88 Å². The third kappa shape index (κ3) is 3.87. The van der Waals surface area contributed by atoms with Crippen LogP contribution in [-0.2, 0) is 4.74 Å². The fraction of sp³-hybridized carbons (Fsp3) is 0.235. The van der Waals surface area contributed by atoms with Crippen LogP contribution in [0.4, 0.5) is 20.7 Å². The van der Waals surface area contributed by atoms with Gasteiger partial charge in [0, 0.05) is 11.3 Å². The summed E-state index contributed by atoms with van der Waals surface area (Å²) < 4.78 is 20.4. The van der Waals surface area contributed by atoms with E-state index in [1.54, 1.807) is 30.3 Å². The molecule has 0 spiro atoms. The second-order valence-corrected chi connectivity index (χ2v) is 5.80. The second-order valence-electron chi connectivity index (χ2n) is 5.80. The van der Waals surface area contributed by atoms with Crippen LogP contribution in [0.5, 0.6) is 0 Å². The second kappa shape index (κ2) is 7.66. The Bertz CT molecular complexity index is 917. The minimum Gasteiger partial charge on any atom is -0.394 e. The molecule has 0 unspecified atom stereocenters. The number of aromatic nitrogens is 2. The van der Waals surface area contributed by atoms with Crippen LogP contribution in [0.3, 0.4) is 0 Å². The molecular weight excluding hydrogens is 359 g/mol. The van der Waals surface area contributed by atoms with Crippen molar-refractivity contribution in [2.24, 2.45) is 0 Å². The number of rotatable bonds is 4. The average Bonchev–Trinajstić information content (AvgIpc) is 2.93. The Labute approximate surface area is 152 Å². The first-order valence-corrected chi connectivity index (χ1v) is 7.95.